The van der Waals surface area contributed by atoms with Gasteiger partial charge in [0, 0.05) is 45.2 Å². The van der Waals surface area contributed by atoms with Crippen molar-refractivity contribution in [2.75, 3.05) is 13.2 Å². The van der Waals surface area contributed by atoms with Crippen molar-refractivity contribution in [3.63, 3.8) is 0 Å². The van der Waals surface area contributed by atoms with E-state index in [1.165, 1.54) is 16.5 Å². The van der Waals surface area contributed by atoms with Crippen molar-refractivity contribution >= 4 is 27.8 Å². The molecule has 3 N–H and O–H groups in total. The Morgan fingerprint density at radius 3 is 2.51 bits per heavy atom. The molecule has 0 saturated carbocycles. The van der Waals surface area contributed by atoms with E-state index in [1.54, 1.807) is 6.07 Å². The molecule has 0 atom stereocenters. The zero-order chi connectivity index (χ0) is 24.2. The molecule has 2 aromatic heterocycles. The molecular formula is C29H28N2O4. The molecule has 0 radical (unpaired) electrons. The predicted molar refractivity (Wildman–Crippen MR) is 138 cm³/mol. The summed E-state index contributed by atoms with van der Waals surface area (Å²) in [6.07, 6.45) is 2.71. The van der Waals surface area contributed by atoms with Gasteiger partial charge in [0.1, 0.15) is 11.5 Å². The minimum atomic E-state index is -0.992. The second kappa shape index (κ2) is 9.97. The number of carboxylic acids is 1. The van der Waals surface area contributed by atoms with Gasteiger partial charge in [0.15, 0.2) is 6.61 Å². The van der Waals surface area contributed by atoms with Crippen LogP contribution in [-0.4, -0.2) is 34.3 Å². The van der Waals surface area contributed by atoms with E-state index in [1.807, 2.05) is 18.2 Å². The van der Waals surface area contributed by atoms with Gasteiger partial charge in [-0.25, -0.2) is 4.79 Å². The molecule has 35 heavy (non-hydrogen) atoms. The molecule has 5 aromatic rings. The maximum Gasteiger partial charge on any atom is 0.341 e. The van der Waals surface area contributed by atoms with Crippen molar-refractivity contribution in [2.45, 2.75) is 26.2 Å². The highest BCUT2D eigenvalue weighted by atomic mass is 16.5. The van der Waals surface area contributed by atoms with Gasteiger partial charge in [0.2, 0.25) is 0 Å². The number of benzene rings is 3. The zero-order valence-corrected chi connectivity index (χ0v) is 19.6. The predicted octanol–water partition coefficient (Wildman–Crippen LogP) is 6.35. The van der Waals surface area contributed by atoms with Crippen molar-refractivity contribution in [1.29, 1.82) is 0 Å². The number of H-pyrrole nitrogens is 2. The first-order valence-corrected chi connectivity index (χ1v) is 11.9. The van der Waals surface area contributed by atoms with Gasteiger partial charge < -0.3 is 24.5 Å². The Morgan fingerprint density at radius 2 is 1.71 bits per heavy atom. The van der Waals surface area contributed by atoms with Crippen molar-refractivity contribution < 1.29 is 19.4 Å². The van der Waals surface area contributed by atoms with Crippen LogP contribution in [0.1, 0.15) is 24.6 Å². The molecule has 0 aliphatic carbocycles. The van der Waals surface area contributed by atoms with Crippen molar-refractivity contribution in [2.24, 2.45) is 0 Å². The normalized spacial score (nSPS) is 11.2. The van der Waals surface area contributed by atoms with E-state index < -0.39 is 5.97 Å². The summed E-state index contributed by atoms with van der Waals surface area (Å²) in [7, 11) is 0. The van der Waals surface area contributed by atoms with Crippen LogP contribution in [0.3, 0.4) is 0 Å². The lowest BCUT2D eigenvalue weighted by Crippen LogP contribution is -2.09. The van der Waals surface area contributed by atoms with E-state index in [4.69, 9.17) is 14.6 Å². The van der Waals surface area contributed by atoms with Gasteiger partial charge in [0.25, 0.3) is 0 Å². The summed E-state index contributed by atoms with van der Waals surface area (Å²) in [5.74, 6) is 0.479. The van der Waals surface area contributed by atoms with E-state index >= 15 is 0 Å². The number of aromatic nitrogens is 2. The summed E-state index contributed by atoms with van der Waals surface area (Å²) in [4.78, 5) is 17.7. The van der Waals surface area contributed by atoms with Crippen LogP contribution in [0, 0.1) is 0 Å². The van der Waals surface area contributed by atoms with Crippen LogP contribution in [-0.2, 0) is 17.6 Å². The summed E-state index contributed by atoms with van der Waals surface area (Å²) in [6.45, 7) is 2.38. The van der Waals surface area contributed by atoms with Gasteiger partial charge in [-0.3, -0.25) is 0 Å². The number of fused-ring (bicyclic) bond motifs is 2. The van der Waals surface area contributed by atoms with E-state index in [9.17, 15) is 4.79 Å². The first kappa shape index (κ1) is 22.6. The standard InChI is InChI=1S/C29H28N2O4/c1-2-6-23-24-17-27(19-7-4-3-5-8-19)31-26(24)11-12-28(23)34-14-13-21-15-20-16-22(35-18-29(32)33)9-10-25(20)30-21/h3-5,7-12,15-17,30-31H,2,6,13-14,18H2,1H3,(H,32,33). The number of hydrogen-bond donors (Lipinski definition) is 3. The lowest BCUT2D eigenvalue weighted by atomic mass is 10.0. The Bertz CT molecular complexity index is 1470. The fraction of sp³-hybridized carbons (Fsp3) is 0.207. The molecule has 3 aromatic carbocycles. The maximum absolute atomic E-state index is 10.7. The van der Waals surface area contributed by atoms with Crippen LogP contribution in [0.5, 0.6) is 11.5 Å². The minimum absolute atomic E-state index is 0.352. The van der Waals surface area contributed by atoms with Crippen LogP contribution in [0.4, 0.5) is 0 Å². The van der Waals surface area contributed by atoms with Crippen LogP contribution >= 0.6 is 0 Å². The number of carboxylic acid groups (broad SMARTS) is 1. The van der Waals surface area contributed by atoms with Crippen molar-refractivity contribution in [3.8, 4) is 22.8 Å². The van der Waals surface area contributed by atoms with Crippen LogP contribution in [0.25, 0.3) is 33.1 Å². The highest BCUT2D eigenvalue weighted by Gasteiger charge is 2.13. The number of nitrogens with one attached hydrogen (secondary N) is 2. The monoisotopic (exact) mass is 468 g/mol. The highest BCUT2D eigenvalue weighted by molar-refractivity contribution is 5.90. The van der Waals surface area contributed by atoms with E-state index in [0.717, 1.165) is 52.8 Å². The second-order valence-electron chi connectivity index (χ2n) is 8.63. The molecule has 178 valence electrons. The van der Waals surface area contributed by atoms with E-state index in [0.29, 0.717) is 12.4 Å². The fourth-order valence-electron chi connectivity index (χ4n) is 4.47. The quantitative estimate of drug-likeness (QED) is 0.223. The minimum Gasteiger partial charge on any atom is -0.493 e. The molecule has 6 nitrogen and oxygen atoms in total. The van der Waals surface area contributed by atoms with Gasteiger partial charge in [-0.05, 0) is 54.4 Å². The molecule has 6 heteroatoms. The molecule has 5 rings (SSSR count). The molecule has 0 amide bonds. The first-order valence-electron chi connectivity index (χ1n) is 11.9. The summed E-state index contributed by atoms with van der Waals surface area (Å²) in [6, 6.07) is 24.3. The Morgan fingerprint density at radius 1 is 0.886 bits per heavy atom. The molecule has 0 saturated heterocycles. The maximum atomic E-state index is 10.7. The van der Waals surface area contributed by atoms with E-state index in [2.05, 4.69) is 65.4 Å². The number of carbonyl (C=O) groups is 1. The summed E-state index contributed by atoms with van der Waals surface area (Å²) >= 11 is 0. The molecule has 0 aliphatic rings. The topological polar surface area (TPSA) is 87.3 Å². The Labute approximate surface area is 203 Å². The summed E-state index contributed by atoms with van der Waals surface area (Å²) in [5, 5.41) is 11.0. The average molecular weight is 469 g/mol. The van der Waals surface area contributed by atoms with Gasteiger partial charge >= 0.3 is 5.97 Å². The van der Waals surface area contributed by atoms with Crippen LogP contribution in [0.15, 0.2) is 72.8 Å². The number of aromatic amines is 2. The Kier molecular flexibility index (Phi) is 6.44. The average Bonchev–Trinajstić information content (AvgIpc) is 3.48. The fourth-order valence-corrected chi connectivity index (χ4v) is 4.47. The molecule has 0 fully saturated rings. The van der Waals surface area contributed by atoms with Crippen molar-refractivity contribution in [1.82, 2.24) is 9.97 Å². The molecule has 2 heterocycles. The molecule has 0 aliphatic heterocycles. The summed E-state index contributed by atoms with van der Waals surface area (Å²) in [5.41, 5.74) is 6.68. The lowest BCUT2D eigenvalue weighted by Gasteiger charge is -2.12. The Hall–Kier alpha value is -4.19. The molecule has 0 spiro atoms. The summed E-state index contributed by atoms with van der Waals surface area (Å²) < 4.78 is 11.6. The van der Waals surface area contributed by atoms with E-state index in [-0.39, 0.29) is 6.61 Å². The van der Waals surface area contributed by atoms with Gasteiger partial charge in [-0.1, -0.05) is 43.7 Å². The smallest absolute Gasteiger partial charge is 0.341 e. The second-order valence-corrected chi connectivity index (χ2v) is 8.63. The molecule has 0 unspecified atom stereocenters. The molecular weight excluding hydrogens is 440 g/mol. The largest absolute Gasteiger partial charge is 0.493 e. The van der Waals surface area contributed by atoms with Crippen LogP contribution in [0.2, 0.25) is 0 Å². The zero-order valence-electron chi connectivity index (χ0n) is 19.6. The van der Waals surface area contributed by atoms with Gasteiger partial charge in [-0.15, -0.1) is 0 Å². The number of aliphatic carboxylic acids is 1. The number of hydrogen-bond acceptors (Lipinski definition) is 3. The van der Waals surface area contributed by atoms with Crippen LogP contribution < -0.4 is 9.47 Å². The van der Waals surface area contributed by atoms with Gasteiger partial charge in [0.05, 0.1) is 6.61 Å². The number of rotatable bonds is 10. The Balaban J connectivity index is 1.31. The lowest BCUT2D eigenvalue weighted by molar-refractivity contribution is -0.139. The highest BCUT2D eigenvalue weighted by Crippen LogP contribution is 2.33. The number of ether oxygens (including phenoxy) is 2. The third-order valence-corrected chi connectivity index (χ3v) is 6.10. The number of aryl methyl sites for hydroxylation is 1. The third kappa shape index (κ3) is 5.01. The first-order chi connectivity index (χ1) is 17.1. The van der Waals surface area contributed by atoms with Crippen molar-refractivity contribution in [3.05, 3.63) is 84.1 Å². The van der Waals surface area contributed by atoms with Gasteiger partial charge in [-0.2, -0.15) is 0 Å². The third-order valence-electron chi connectivity index (χ3n) is 6.10. The SMILES string of the molecule is CCCc1c(OCCc2cc3cc(OCC(=O)O)ccc3[nH]2)ccc2[nH]c(-c3ccccc3)cc12. The molecule has 0 bridgehead atoms.